The van der Waals surface area contributed by atoms with Crippen LogP contribution in [0.2, 0.25) is 0 Å². The first-order valence-corrected chi connectivity index (χ1v) is 10.9. The zero-order valence-corrected chi connectivity index (χ0v) is 16.8. The van der Waals surface area contributed by atoms with Crippen LogP contribution in [0, 0.1) is 0 Å². The van der Waals surface area contributed by atoms with Crippen molar-refractivity contribution in [1.82, 2.24) is 5.32 Å². The van der Waals surface area contributed by atoms with E-state index in [9.17, 15) is 4.79 Å². The largest absolute Gasteiger partial charge is 0.356 e. The van der Waals surface area contributed by atoms with Crippen LogP contribution >= 0.6 is 0 Å². The van der Waals surface area contributed by atoms with E-state index in [4.69, 9.17) is 5.90 Å². The highest BCUT2D eigenvalue weighted by Gasteiger charge is 2.00. The summed E-state index contributed by atoms with van der Waals surface area (Å²) in [4.78, 5) is 16.0. The number of hydrogen-bond donors (Lipinski definition) is 2. The summed E-state index contributed by atoms with van der Waals surface area (Å²) >= 11 is 0. The van der Waals surface area contributed by atoms with Gasteiger partial charge in [0, 0.05) is 13.0 Å². The predicted molar refractivity (Wildman–Crippen MR) is 107 cm³/mol. The third kappa shape index (κ3) is 21.3. The average molecular weight is 357 g/mol. The normalized spacial score (nSPS) is 11.0. The van der Waals surface area contributed by atoms with E-state index in [0.717, 1.165) is 12.8 Å². The number of hydrogen-bond acceptors (Lipinski definition) is 3. The lowest BCUT2D eigenvalue weighted by Gasteiger charge is -2.05. The maximum Gasteiger partial charge on any atom is 0.219 e. The van der Waals surface area contributed by atoms with Gasteiger partial charge in [0.05, 0.1) is 6.61 Å². The van der Waals surface area contributed by atoms with Crippen LogP contribution in [0.25, 0.3) is 0 Å². The van der Waals surface area contributed by atoms with Gasteiger partial charge in [0.1, 0.15) is 0 Å². The van der Waals surface area contributed by atoms with Crippen LogP contribution in [0.3, 0.4) is 0 Å². The lowest BCUT2D eigenvalue weighted by Crippen LogP contribution is -2.25. The van der Waals surface area contributed by atoms with Gasteiger partial charge in [-0.1, -0.05) is 96.8 Å². The summed E-state index contributed by atoms with van der Waals surface area (Å²) in [6.45, 7) is 3.44. The van der Waals surface area contributed by atoms with Gasteiger partial charge in [0.15, 0.2) is 0 Å². The van der Waals surface area contributed by atoms with Crippen LogP contribution in [0.5, 0.6) is 0 Å². The van der Waals surface area contributed by atoms with E-state index < -0.39 is 0 Å². The zero-order valence-electron chi connectivity index (χ0n) is 16.8. The lowest BCUT2D eigenvalue weighted by atomic mass is 10.0. The van der Waals surface area contributed by atoms with Gasteiger partial charge in [-0.2, -0.15) is 0 Å². The number of rotatable bonds is 20. The summed E-state index contributed by atoms with van der Waals surface area (Å²) in [5.74, 6) is 5.09. The second kappa shape index (κ2) is 21.4. The minimum atomic E-state index is 0.159. The zero-order chi connectivity index (χ0) is 18.4. The average Bonchev–Trinajstić information content (AvgIpc) is 2.62. The van der Waals surface area contributed by atoms with Gasteiger partial charge in [-0.3, -0.25) is 4.79 Å². The van der Waals surface area contributed by atoms with Crippen LogP contribution in [0.4, 0.5) is 0 Å². The summed E-state index contributed by atoms with van der Waals surface area (Å²) in [5.41, 5.74) is 0. The van der Waals surface area contributed by atoms with Crippen molar-refractivity contribution in [2.45, 2.75) is 116 Å². The third-order valence-electron chi connectivity index (χ3n) is 4.77. The molecule has 4 nitrogen and oxygen atoms in total. The Labute approximate surface area is 156 Å². The molecule has 0 aliphatic rings. The summed E-state index contributed by atoms with van der Waals surface area (Å²) in [7, 11) is 0. The highest BCUT2D eigenvalue weighted by atomic mass is 16.6. The molecular formula is C21H44N2O2. The minimum absolute atomic E-state index is 0.159. The van der Waals surface area contributed by atoms with E-state index in [0.29, 0.717) is 19.6 Å². The topological polar surface area (TPSA) is 64.3 Å². The Morgan fingerprint density at radius 3 is 1.60 bits per heavy atom. The third-order valence-corrected chi connectivity index (χ3v) is 4.77. The molecule has 0 atom stereocenters. The van der Waals surface area contributed by atoms with E-state index in [-0.39, 0.29) is 5.91 Å². The fourth-order valence-electron chi connectivity index (χ4n) is 3.13. The summed E-state index contributed by atoms with van der Waals surface area (Å²) in [5, 5.41) is 2.89. The fraction of sp³-hybridized carbons (Fsp3) is 0.952. The van der Waals surface area contributed by atoms with E-state index in [1.807, 2.05) is 0 Å². The van der Waals surface area contributed by atoms with Crippen LogP contribution in [0.1, 0.15) is 116 Å². The molecule has 0 saturated heterocycles. The Kier molecular flexibility index (Phi) is 20.9. The van der Waals surface area contributed by atoms with E-state index in [1.165, 1.54) is 89.9 Å². The predicted octanol–water partition coefficient (Wildman–Crippen LogP) is 5.64. The molecule has 0 bridgehead atoms. The van der Waals surface area contributed by atoms with Gasteiger partial charge in [0.25, 0.3) is 0 Å². The smallest absolute Gasteiger partial charge is 0.219 e. The molecule has 0 aromatic rings. The van der Waals surface area contributed by atoms with Gasteiger partial charge in [-0.25, -0.2) is 5.90 Å². The molecule has 150 valence electrons. The summed E-state index contributed by atoms with van der Waals surface area (Å²) < 4.78 is 0. The van der Waals surface area contributed by atoms with E-state index in [1.54, 1.807) is 0 Å². The van der Waals surface area contributed by atoms with Gasteiger partial charge in [0.2, 0.25) is 5.91 Å². The SMILES string of the molecule is CCCCCCCCCCCCCCCCCC(=O)NCCCON. The van der Waals surface area contributed by atoms with Crippen molar-refractivity contribution in [1.29, 1.82) is 0 Å². The highest BCUT2D eigenvalue weighted by Crippen LogP contribution is 2.13. The fourth-order valence-corrected chi connectivity index (χ4v) is 3.13. The van der Waals surface area contributed by atoms with Crippen LogP contribution in [-0.2, 0) is 9.63 Å². The molecule has 0 aromatic carbocycles. The van der Waals surface area contributed by atoms with Crippen molar-refractivity contribution in [2.24, 2.45) is 5.90 Å². The molecule has 0 fully saturated rings. The Balaban J connectivity index is 3.08. The molecule has 0 heterocycles. The molecule has 0 aliphatic heterocycles. The number of nitrogens with two attached hydrogens (primary N) is 1. The number of amides is 1. The van der Waals surface area contributed by atoms with Crippen LogP contribution < -0.4 is 11.2 Å². The quantitative estimate of drug-likeness (QED) is 0.219. The van der Waals surface area contributed by atoms with Crippen LogP contribution in [-0.4, -0.2) is 19.1 Å². The number of carbonyl (C=O) groups is 1. The number of unbranched alkanes of at least 4 members (excludes halogenated alkanes) is 14. The Hall–Kier alpha value is -0.610. The monoisotopic (exact) mass is 356 g/mol. The molecular weight excluding hydrogens is 312 g/mol. The second-order valence-corrected chi connectivity index (χ2v) is 7.27. The molecule has 0 aromatic heterocycles. The van der Waals surface area contributed by atoms with Crippen molar-refractivity contribution in [3.05, 3.63) is 0 Å². The molecule has 4 heteroatoms. The maximum absolute atomic E-state index is 11.6. The van der Waals surface area contributed by atoms with Crippen molar-refractivity contribution in [3.63, 3.8) is 0 Å². The molecule has 0 unspecified atom stereocenters. The summed E-state index contributed by atoms with van der Waals surface area (Å²) in [6.07, 6.45) is 21.7. The van der Waals surface area contributed by atoms with Crippen molar-refractivity contribution >= 4 is 5.91 Å². The lowest BCUT2D eigenvalue weighted by molar-refractivity contribution is -0.121. The maximum atomic E-state index is 11.6. The standard InChI is InChI=1S/C21H44N2O2/c1-2-3-4-5-6-7-8-9-10-11-12-13-14-15-16-18-21(24)23-19-17-20-25-22/h2-20,22H2,1H3,(H,23,24). The molecule has 0 saturated carbocycles. The van der Waals surface area contributed by atoms with Crippen molar-refractivity contribution in [2.75, 3.05) is 13.2 Å². The molecule has 25 heavy (non-hydrogen) atoms. The van der Waals surface area contributed by atoms with Gasteiger partial charge < -0.3 is 10.2 Å². The molecule has 0 aliphatic carbocycles. The Bertz CT molecular complexity index is 273. The van der Waals surface area contributed by atoms with E-state index in [2.05, 4.69) is 17.1 Å². The number of carbonyl (C=O) groups excluding carboxylic acids is 1. The minimum Gasteiger partial charge on any atom is -0.356 e. The van der Waals surface area contributed by atoms with Gasteiger partial charge in [-0.05, 0) is 12.8 Å². The first kappa shape index (κ1) is 24.4. The van der Waals surface area contributed by atoms with Crippen molar-refractivity contribution < 1.29 is 9.63 Å². The molecule has 0 radical (unpaired) electrons. The summed E-state index contributed by atoms with van der Waals surface area (Å²) in [6, 6.07) is 0. The Morgan fingerprint density at radius 1 is 0.720 bits per heavy atom. The van der Waals surface area contributed by atoms with E-state index >= 15 is 0 Å². The van der Waals surface area contributed by atoms with Crippen molar-refractivity contribution in [3.8, 4) is 0 Å². The molecule has 3 N–H and O–H groups in total. The second-order valence-electron chi connectivity index (χ2n) is 7.27. The molecule has 0 spiro atoms. The highest BCUT2D eigenvalue weighted by molar-refractivity contribution is 5.75. The van der Waals surface area contributed by atoms with Gasteiger partial charge >= 0.3 is 0 Å². The Morgan fingerprint density at radius 2 is 1.16 bits per heavy atom. The van der Waals surface area contributed by atoms with Gasteiger partial charge in [-0.15, -0.1) is 0 Å². The van der Waals surface area contributed by atoms with Crippen LogP contribution in [0.15, 0.2) is 0 Å². The molecule has 1 amide bonds. The number of nitrogens with one attached hydrogen (secondary N) is 1. The molecule has 0 rings (SSSR count). The first-order valence-electron chi connectivity index (χ1n) is 10.9. The first-order chi connectivity index (χ1) is 12.3.